The van der Waals surface area contributed by atoms with Gasteiger partial charge in [0.2, 0.25) is 5.79 Å². The second-order valence-electron chi connectivity index (χ2n) is 7.77. The van der Waals surface area contributed by atoms with E-state index in [0.717, 1.165) is 5.56 Å². The molecule has 1 aromatic rings. The normalized spacial score (nSPS) is 38.8. The first-order valence-corrected chi connectivity index (χ1v) is 8.78. The smallest absolute Gasteiger partial charge is 0.224 e. The Morgan fingerprint density at radius 3 is 2.44 bits per heavy atom. The second-order valence-corrected chi connectivity index (χ2v) is 7.77. The fourth-order valence-electron chi connectivity index (χ4n) is 3.68. The summed E-state index contributed by atoms with van der Waals surface area (Å²) in [5, 5.41) is 0. The van der Waals surface area contributed by atoms with Gasteiger partial charge in [0.05, 0.1) is 13.2 Å². The molecule has 3 fully saturated rings. The number of hydrogen-bond acceptors (Lipinski definition) is 6. The molecule has 138 valence electrons. The topological polar surface area (TPSA) is 55.4 Å². The van der Waals surface area contributed by atoms with Crippen molar-refractivity contribution in [3.05, 3.63) is 35.9 Å². The van der Waals surface area contributed by atoms with Gasteiger partial charge < -0.3 is 28.4 Å². The van der Waals surface area contributed by atoms with Gasteiger partial charge in [0.25, 0.3) is 0 Å². The zero-order valence-electron chi connectivity index (χ0n) is 15.2. The van der Waals surface area contributed by atoms with E-state index in [1.807, 2.05) is 58.0 Å². The van der Waals surface area contributed by atoms with E-state index in [1.54, 1.807) is 0 Å². The Bertz CT molecular complexity index is 616. The van der Waals surface area contributed by atoms with Crippen LogP contribution in [0.25, 0.3) is 0 Å². The molecule has 0 saturated carbocycles. The largest absolute Gasteiger partial charge is 0.368 e. The van der Waals surface area contributed by atoms with Crippen LogP contribution < -0.4 is 0 Å². The maximum Gasteiger partial charge on any atom is 0.224 e. The average molecular weight is 350 g/mol. The molecule has 6 heteroatoms. The van der Waals surface area contributed by atoms with Crippen LogP contribution in [0.1, 0.15) is 33.3 Å². The molecule has 4 rings (SSSR count). The summed E-state index contributed by atoms with van der Waals surface area (Å²) in [6.45, 7) is 8.72. The van der Waals surface area contributed by atoms with E-state index in [4.69, 9.17) is 28.4 Å². The molecule has 3 saturated heterocycles. The summed E-state index contributed by atoms with van der Waals surface area (Å²) in [5.74, 6) is -2.38. The van der Waals surface area contributed by atoms with Crippen LogP contribution in [0.3, 0.4) is 0 Å². The molecule has 3 aliphatic rings. The predicted molar refractivity (Wildman–Crippen MR) is 88.6 cm³/mol. The molecule has 0 aliphatic carbocycles. The highest BCUT2D eigenvalue weighted by molar-refractivity contribution is 5.13. The lowest BCUT2D eigenvalue weighted by Gasteiger charge is -2.42. The molecule has 0 unspecified atom stereocenters. The third-order valence-electron chi connectivity index (χ3n) is 4.77. The van der Waals surface area contributed by atoms with Gasteiger partial charge in [-0.3, -0.25) is 0 Å². The molecule has 3 heterocycles. The molecular formula is C19H26O6. The molecule has 25 heavy (non-hydrogen) atoms. The van der Waals surface area contributed by atoms with Crippen LogP contribution in [0.15, 0.2) is 30.3 Å². The SMILES string of the molecule is CC1(C)O[C@H]2[C@@H](O1)[C@@]1(COC(C)(C)O1)OC[C@H]2OCc1ccccc1. The van der Waals surface area contributed by atoms with Gasteiger partial charge in [-0.25, -0.2) is 0 Å². The monoisotopic (exact) mass is 350 g/mol. The van der Waals surface area contributed by atoms with E-state index < -0.39 is 23.5 Å². The maximum atomic E-state index is 6.15. The van der Waals surface area contributed by atoms with Gasteiger partial charge in [-0.15, -0.1) is 0 Å². The van der Waals surface area contributed by atoms with Crippen molar-refractivity contribution in [3.63, 3.8) is 0 Å². The minimum atomic E-state index is -0.950. The zero-order chi connectivity index (χ0) is 17.7. The van der Waals surface area contributed by atoms with E-state index in [1.165, 1.54) is 0 Å². The summed E-state index contributed by atoms with van der Waals surface area (Å²) in [6, 6.07) is 10.1. The van der Waals surface area contributed by atoms with Crippen LogP contribution in [0, 0.1) is 0 Å². The number of hydrogen-bond donors (Lipinski definition) is 0. The van der Waals surface area contributed by atoms with E-state index in [9.17, 15) is 0 Å². The molecular weight excluding hydrogens is 324 g/mol. The minimum absolute atomic E-state index is 0.232. The number of fused-ring (bicyclic) bond motifs is 2. The van der Waals surface area contributed by atoms with Crippen molar-refractivity contribution in [2.24, 2.45) is 0 Å². The van der Waals surface area contributed by atoms with Crippen LogP contribution in [0.2, 0.25) is 0 Å². The van der Waals surface area contributed by atoms with Crippen LogP contribution in [0.5, 0.6) is 0 Å². The summed E-state index contributed by atoms with van der Waals surface area (Å²) in [7, 11) is 0. The molecule has 6 nitrogen and oxygen atoms in total. The van der Waals surface area contributed by atoms with Crippen molar-refractivity contribution in [1.29, 1.82) is 0 Å². The van der Waals surface area contributed by atoms with Gasteiger partial charge in [-0.2, -0.15) is 0 Å². The summed E-state index contributed by atoms with van der Waals surface area (Å²) in [6.07, 6.45) is -0.909. The molecule has 1 aromatic carbocycles. The van der Waals surface area contributed by atoms with Gasteiger partial charge >= 0.3 is 0 Å². The maximum absolute atomic E-state index is 6.15. The standard InChI is InChI=1S/C19H26O6/c1-17(2)22-12-19(25-17)16-15(23-18(3,4)24-16)14(11-21-19)20-10-13-8-6-5-7-9-13/h5-9,14-16H,10-12H2,1-4H3/t14-,15-,16-,19+/m1/s1. The average Bonchev–Trinajstić information content (AvgIpc) is 3.05. The Morgan fingerprint density at radius 2 is 1.76 bits per heavy atom. The Balaban J connectivity index is 1.51. The number of rotatable bonds is 3. The second kappa shape index (κ2) is 6.01. The first-order valence-electron chi connectivity index (χ1n) is 8.78. The Labute approximate surface area is 148 Å². The van der Waals surface area contributed by atoms with E-state index in [2.05, 4.69) is 0 Å². The Hall–Kier alpha value is -1.02. The summed E-state index contributed by atoms with van der Waals surface area (Å²) in [5.41, 5.74) is 1.11. The van der Waals surface area contributed by atoms with Crippen LogP contribution >= 0.6 is 0 Å². The molecule has 3 aliphatic heterocycles. The molecule has 0 amide bonds. The van der Waals surface area contributed by atoms with Gasteiger partial charge in [-0.05, 0) is 33.3 Å². The molecule has 0 N–H and O–H groups in total. The molecule has 0 aromatic heterocycles. The fourth-order valence-corrected chi connectivity index (χ4v) is 3.68. The van der Waals surface area contributed by atoms with Crippen LogP contribution in [-0.4, -0.2) is 48.9 Å². The molecule has 4 atom stereocenters. The van der Waals surface area contributed by atoms with Crippen molar-refractivity contribution in [2.75, 3.05) is 13.2 Å². The highest BCUT2D eigenvalue weighted by Crippen LogP contribution is 2.46. The van der Waals surface area contributed by atoms with Crippen molar-refractivity contribution >= 4 is 0 Å². The van der Waals surface area contributed by atoms with Crippen molar-refractivity contribution < 1.29 is 28.4 Å². The fraction of sp³-hybridized carbons (Fsp3) is 0.684. The van der Waals surface area contributed by atoms with Crippen molar-refractivity contribution in [2.45, 2.75) is 70.0 Å². The Kier molecular flexibility index (Phi) is 4.18. The number of ether oxygens (including phenoxy) is 6. The van der Waals surface area contributed by atoms with Crippen molar-refractivity contribution in [1.82, 2.24) is 0 Å². The van der Waals surface area contributed by atoms with Crippen LogP contribution in [0.4, 0.5) is 0 Å². The lowest BCUT2D eigenvalue weighted by Crippen LogP contribution is -2.61. The highest BCUT2D eigenvalue weighted by atomic mass is 16.9. The number of benzene rings is 1. The first kappa shape index (κ1) is 17.4. The van der Waals surface area contributed by atoms with E-state index in [-0.39, 0.29) is 12.2 Å². The molecule has 0 bridgehead atoms. The molecule has 0 radical (unpaired) electrons. The summed E-state index contributed by atoms with van der Waals surface area (Å²) < 4.78 is 36.3. The van der Waals surface area contributed by atoms with Gasteiger partial charge in [0, 0.05) is 0 Å². The third kappa shape index (κ3) is 3.35. The Morgan fingerprint density at radius 1 is 1.00 bits per heavy atom. The van der Waals surface area contributed by atoms with Crippen molar-refractivity contribution in [3.8, 4) is 0 Å². The first-order chi connectivity index (χ1) is 11.8. The van der Waals surface area contributed by atoms with Gasteiger partial charge in [0.15, 0.2) is 11.6 Å². The zero-order valence-corrected chi connectivity index (χ0v) is 15.2. The van der Waals surface area contributed by atoms with Crippen LogP contribution in [-0.2, 0) is 35.0 Å². The third-order valence-corrected chi connectivity index (χ3v) is 4.77. The summed E-state index contributed by atoms with van der Waals surface area (Å²) >= 11 is 0. The van der Waals surface area contributed by atoms with E-state index >= 15 is 0 Å². The highest BCUT2D eigenvalue weighted by Gasteiger charge is 2.64. The van der Waals surface area contributed by atoms with Gasteiger partial charge in [-0.1, -0.05) is 30.3 Å². The minimum Gasteiger partial charge on any atom is -0.368 e. The lowest BCUT2D eigenvalue weighted by molar-refractivity contribution is -0.326. The van der Waals surface area contributed by atoms with E-state index in [0.29, 0.717) is 19.8 Å². The molecule has 1 spiro atoms. The van der Waals surface area contributed by atoms with Gasteiger partial charge in [0.1, 0.15) is 24.9 Å². The quantitative estimate of drug-likeness (QED) is 0.835. The summed E-state index contributed by atoms with van der Waals surface area (Å²) in [4.78, 5) is 0. The lowest BCUT2D eigenvalue weighted by atomic mass is 9.97. The predicted octanol–water partition coefficient (Wildman–Crippen LogP) is 2.60.